The molecule has 1 aliphatic carbocycles. The Kier molecular flexibility index (Phi) is 4.22. The minimum atomic E-state index is -1.64. The summed E-state index contributed by atoms with van der Waals surface area (Å²) in [4.78, 5) is 12.1. The Morgan fingerprint density at radius 3 is 2.33 bits per heavy atom. The molecule has 1 aliphatic rings. The first-order valence-corrected chi connectivity index (χ1v) is 7.53. The fourth-order valence-electron chi connectivity index (χ4n) is 2.71. The fraction of sp³-hybridized carbons (Fsp3) is 0.278. The lowest BCUT2D eigenvalue weighted by molar-refractivity contribution is 0.0944. The molecule has 6 heteroatoms. The number of carbonyl (C=O) groups is 1. The van der Waals surface area contributed by atoms with Crippen molar-refractivity contribution in [3.63, 3.8) is 0 Å². The van der Waals surface area contributed by atoms with Crippen LogP contribution in [0.25, 0.3) is 0 Å². The molecule has 2 aromatic carbocycles. The second-order valence-electron chi connectivity index (χ2n) is 5.91. The molecule has 0 aliphatic heterocycles. The van der Waals surface area contributed by atoms with Crippen molar-refractivity contribution < 1.29 is 22.7 Å². The second kappa shape index (κ2) is 6.19. The molecule has 1 fully saturated rings. The van der Waals surface area contributed by atoms with Crippen LogP contribution in [0.4, 0.5) is 13.2 Å². The summed E-state index contributed by atoms with van der Waals surface area (Å²) in [6, 6.07) is 9.21. The highest BCUT2D eigenvalue weighted by atomic mass is 19.2. The van der Waals surface area contributed by atoms with Gasteiger partial charge >= 0.3 is 0 Å². The van der Waals surface area contributed by atoms with E-state index in [-0.39, 0.29) is 5.41 Å². The van der Waals surface area contributed by atoms with Crippen LogP contribution >= 0.6 is 0 Å². The summed E-state index contributed by atoms with van der Waals surface area (Å²) in [6.07, 6.45) is 1.78. The van der Waals surface area contributed by atoms with E-state index in [4.69, 9.17) is 4.74 Å². The van der Waals surface area contributed by atoms with E-state index in [2.05, 4.69) is 5.32 Å². The molecule has 3 rings (SSSR count). The van der Waals surface area contributed by atoms with Gasteiger partial charge in [0.05, 0.1) is 12.7 Å². The number of carbonyl (C=O) groups excluding carboxylic acids is 1. The fourth-order valence-corrected chi connectivity index (χ4v) is 2.71. The molecule has 0 radical (unpaired) electrons. The number of hydrogen-bond acceptors (Lipinski definition) is 2. The Labute approximate surface area is 137 Å². The van der Waals surface area contributed by atoms with Crippen LogP contribution in [0, 0.1) is 17.5 Å². The van der Waals surface area contributed by atoms with Gasteiger partial charge in [-0.3, -0.25) is 4.79 Å². The molecule has 2 aromatic rings. The monoisotopic (exact) mass is 335 g/mol. The maximum Gasteiger partial charge on any atom is 0.254 e. The van der Waals surface area contributed by atoms with Crippen molar-refractivity contribution in [2.45, 2.75) is 18.3 Å². The van der Waals surface area contributed by atoms with Gasteiger partial charge in [-0.2, -0.15) is 0 Å². The normalized spacial score (nSPS) is 15.0. The highest BCUT2D eigenvalue weighted by molar-refractivity contribution is 5.94. The Balaban J connectivity index is 1.71. The van der Waals surface area contributed by atoms with Crippen molar-refractivity contribution in [2.24, 2.45) is 0 Å². The Bertz CT molecular complexity index is 771. The number of ether oxygens (including phenoxy) is 1. The van der Waals surface area contributed by atoms with Crippen molar-refractivity contribution in [3.05, 3.63) is 65.0 Å². The summed E-state index contributed by atoms with van der Waals surface area (Å²) < 4.78 is 44.9. The predicted octanol–water partition coefficient (Wildman–Crippen LogP) is 3.57. The molecule has 0 aromatic heterocycles. The first-order chi connectivity index (χ1) is 11.5. The van der Waals surface area contributed by atoms with Gasteiger partial charge in [0.25, 0.3) is 5.91 Å². The van der Waals surface area contributed by atoms with Crippen molar-refractivity contribution >= 4 is 5.91 Å². The van der Waals surface area contributed by atoms with Crippen LogP contribution in [0.2, 0.25) is 0 Å². The van der Waals surface area contributed by atoms with Crippen LogP contribution in [-0.2, 0) is 5.41 Å². The van der Waals surface area contributed by atoms with E-state index in [0.717, 1.165) is 36.3 Å². The van der Waals surface area contributed by atoms with Gasteiger partial charge in [0, 0.05) is 12.0 Å². The van der Waals surface area contributed by atoms with Gasteiger partial charge < -0.3 is 10.1 Å². The molecular formula is C18H16F3NO2. The predicted molar refractivity (Wildman–Crippen MR) is 82.6 cm³/mol. The van der Waals surface area contributed by atoms with E-state index in [1.165, 1.54) is 0 Å². The highest BCUT2D eigenvalue weighted by Gasteiger charge is 2.44. The van der Waals surface area contributed by atoms with Crippen molar-refractivity contribution in [3.8, 4) is 5.75 Å². The molecule has 1 amide bonds. The van der Waals surface area contributed by atoms with E-state index in [9.17, 15) is 18.0 Å². The molecule has 0 spiro atoms. The standard InChI is InChI=1S/C18H16F3NO2/c1-24-12-4-2-11(3-5-12)18(8-9-18)10-22-17(23)13-6-7-14(19)16(21)15(13)20/h2-7H,8-10H2,1H3,(H,22,23). The largest absolute Gasteiger partial charge is 0.497 e. The number of nitrogens with one attached hydrogen (secondary N) is 1. The average molecular weight is 335 g/mol. The Morgan fingerprint density at radius 2 is 1.75 bits per heavy atom. The third kappa shape index (κ3) is 2.96. The van der Waals surface area contributed by atoms with Crippen LogP contribution in [0.3, 0.4) is 0 Å². The van der Waals surface area contributed by atoms with Gasteiger partial charge in [0.1, 0.15) is 5.75 Å². The first kappa shape index (κ1) is 16.4. The van der Waals surface area contributed by atoms with E-state index in [0.29, 0.717) is 6.54 Å². The van der Waals surface area contributed by atoms with E-state index < -0.39 is 28.9 Å². The molecule has 24 heavy (non-hydrogen) atoms. The molecule has 1 saturated carbocycles. The summed E-state index contributed by atoms with van der Waals surface area (Å²) in [5.74, 6) is -4.45. The van der Waals surface area contributed by atoms with Crippen LogP contribution in [0.1, 0.15) is 28.8 Å². The molecule has 1 N–H and O–H groups in total. The molecular weight excluding hydrogens is 319 g/mol. The number of amides is 1. The molecule has 0 heterocycles. The first-order valence-electron chi connectivity index (χ1n) is 7.53. The van der Waals surface area contributed by atoms with E-state index in [1.807, 2.05) is 24.3 Å². The van der Waals surface area contributed by atoms with Gasteiger partial charge in [-0.1, -0.05) is 12.1 Å². The summed E-state index contributed by atoms with van der Waals surface area (Å²) in [7, 11) is 1.58. The maximum atomic E-state index is 13.7. The molecule has 126 valence electrons. The zero-order valence-corrected chi connectivity index (χ0v) is 13.0. The van der Waals surface area contributed by atoms with Gasteiger partial charge in [-0.15, -0.1) is 0 Å². The number of methoxy groups -OCH3 is 1. The zero-order valence-electron chi connectivity index (χ0n) is 13.0. The van der Waals surface area contributed by atoms with Crippen molar-refractivity contribution in [2.75, 3.05) is 13.7 Å². The molecule has 3 nitrogen and oxygen atoms in total. The Morgan fingerprint density at radius 1 is 1.08 bits per heavy atom. The van der Waals surface area contributed by atoms with Crippen molar-refractivity contribution in [1.29, 1.82) is 0 Å². The van der Waals surface area contributed by atoms with Crippen LogP contribution in [-0.4, -0.2) is 19.6 Å². The van der Waals surface area contributed by atoms with Crippen LogP contribution < -0.4 is 10.1 Å². The lowest BCUT2D eigenvalue weighted by Gasteiger charge is -2.17. The second-order valence-corrected chi connectivity index (χ2v) is 5.91. The summed E-state index contributed by atoms with van der Waals surface area (Å²) in [6.45, 7) is 0.302. The number of rotatable bonds is 5. The molecule has 0 saturated heterocycles. The maximum absolute atomic E-state index is 13.7. The smallest absolute Gasteiger partial charge is 0.254 e. The lowest BCUT2D eigenvalue weighted by atomic mass is 9.95. The highest BCUT2D eigenvalue weighted by Crippen LogP contribution is 2.47. The SMILES string of the molecule is COc1ccc(C2(CNC(=O)c3ccc(F)c(F)c3F)CC2)cc1. The lowest BCUT2D eigenvalue weighted by Crippen LogP contribution is -2.33. The van der Waals surface area contributed by atoms with Crippen LogP contribution in [0.15, 0.2) is 36.4 Å². The quantitative estimate of drug-likeness (QED) is 0.848. The molecule has 0 atom stereocenters. The summed E-state index contributed by atoms with van der Waals surface area (Å²) in [5, 5.41) is 2.62. The van der Waals surface area contributed by atoms with Crippen molar-refractivity contribution in [1.82, 2.24) is 5.32 Å². The number of benzene rings is 2. The molecule has 0 bridgehead atoms. The topological polar surface area (TPSA) is 38.3 Å². The molecule has 0 unspecified atom stereocenters. The van der Waals surface area contributed by atoms with Gasteiger partial charge in [-0.05, 0) is 42.7 Å². The third-order valence-corrected chi connectivity index (χ3v) is 4.42. The number of hydrogen-bond donors (Lipinski definition) is 1. The van der Waals surface area contributed by atoms with Gasteiger partial charge in [-0.25, -0.2) is 13.2 Å². The Hall–Kier alpha value is -2.50. The zero-order chi connectivity index (χ0) is 17.3. The van der Waals surface area contributed by atoms with Gasteiger partial charge in [0.2, 0.25) is 0 Å². The minimum Gasteiger partial charge on any atom is -0.497 e. The number of halogens is 3. The summed E-state index contributed by atoms with van der Waals surface area (Å²) in [5.41, 5.74) is 0.352. The minimum absolute atomic E-state index is 0.197. The van der Waals surface area contributed by atoms with Gasteiger partial charge in [0.15, 0.2) is 17.5 Å². The van der Waals surface area contributed by atoms with E-state index >= 15 is 0 Å². The summed E-state index contributed by atoms with van der Waals surface area (Å²) >= 11 is 0. The van der Waals surface area contributed by atoms with Crippen LogP contribution in [0.5, 0.6) is 5.75 Å². The average Bonchev–Trinajstić information content (AvgIpc) is 3.39. The third-order valence-electron chi connectivity index (χ3n) is 4.42. The van der Waals surface area contributed by atoms with E-state index in [1.54, 1.807) is 7.11 Å².